The molecule has 5 heteroatoms. The number of rotatable bonds is 3. The second kappa shape index (κ2) is 13.7. The molecule has 0 unspecified atom stereocenters. The Morgan fingerprint density at radius 2 is 1.55 bits per heavy atom. The Kier molecular flexibility index (Phi) is 10.9. The summed E-state index contributed by atoms with van der Waals surface area (Å²) in [4.78, 5) is 16.4. The number of aryl methyl sites for hydroxylation is 1. The molecule has 1 N–H and O–H groups in total. The summed E-state index contributed by atoms with van der Waals surface area (Å²) in [6.45, 7) is 27.7. The van der Waals surface area contributed by atoms with E-state index >= 15 is 0 Å². The molecule has 0 saturated carbocycles. The summed E-state index contributed by atoms with van der Waals surface area (Å²) in [5.41, 5.74) is 7.73. The Bertz CT molecular complexity index is 2060. The number of aliphatic hydroxyl groups excluding tert-OH is 1. The van der Waals surface area contributed by atoms with Crippen molar-refractivity contribution in [3.63, 3.8) is 0 Å². The first-order valence-corrected chi connectivity index (χ1v) is 18.2. The molecule has 0 amide bonds. The second-order valence-corrected chi connectivity index (χ2v) is 18.5. The van der Waals surface area contributed by atoms with Crippen molar-refractivity contribution >= 4 is 48.1 Å². The van der Waals surface area contributed by atoms with Crippen LogP contribution in [0.2, 0.25) is 0 Å². The van der Waals surface area contributed by atoms with Gasteiger partial charge in [-0.05, 0) is 64.8 Å². The van der Waals surface area contributed by atoms with Gasteiger partial charge in [0.25, 0.3) is 0 Å². The van der Waals surface area contributed by atoms with Gasteiger partial charge in [-0.15, -0.1) is 34.6 Å². The van der Waals surface area contributed by atoms with Crippen molar-refractivity contribution < 1.29 is 30.0 Å². The number of aliphatic hydroxyl groups is 1. The fourth-order valence-corrected chi connectivity index (χ4v) is 8.31. The third-order valence-corrected chi connectivity index (χ3v) is 11.4. The number of carbonyl (C=O) groups excluding carboxylic acids is 1. The number of carbonyl (C=O) groups is 1. The van der Waals surface area contributed by atoms with Gasteiger partial charge in [0, 0.05) is 63.7 Å². The maximum Gasteiger partial charge on any atom is 0.164 e. The topological polar surface area (TPSA) is 50.2 Å². The van der Waals surface area contributed by atoms with Crippen LogP contribution in [0.1, 0.15) is 124 Å². The van der Waals surface area contributed by atoms with Crippen LogP contribution in [0, 0.1) is 23.8 Å². The summed E-state index contributed by atoms with van der Waals surface area (Å²) >= 11 is 1.91. The molecule has 3 aromatic carbocycles. The molecule has 0 aliphatic heterocycles. The van der Waals surface area contributed by atoms with Crippen LogP contribution in [0.4, 0.5) is 0 Å². The molecular formula is C44H54IrNO2S-. The molecule has 49 heavy (non-hydrogen) atoms. The number of thiophene rings is 1. The van der Waals surface area contributed by atoms with Crippen LogP contribution in [-0.4, -0.2) is 15.9 Å². The fourth-order valence-electron chi connectivity index (χ4n) is 7.02. The van der Waals surface area contributed by atoms with Crippen LogP contribution in [0.3, 0.4) is 0 Å². The average molecular weight is 853 g/mol. The molecule has 0 atom stereocenters. The van der Waals surface area contributed by atoms with Gasteiger partial charge in [0.15, 0.2) is 5.78 Å². The molecule has 263 valence electrons. The van der Waals surface area contributed by atoms with Crippen molar-refractivity contribution in [2.45, 2.75) is 120 Å². The van der Waals surface area contributed by atoms with E-state index in [9.17, 15) is 9.90 Å². The summed E-state index contributed by atoms with van der Waals surface area (Å²) < 4.78 is 2.67. The number of fused-ring (bicyclic) bond motifs is 5. The first-order valence-electron chi connectivity index (χ1n) is 17.4. The number of benzene rings is 3. The van der Waals surface area contributed by atoms with Gasteiger partial charge in [-0.2, -0.15) is 0 Å². The standard InChI is InChI=1S/C33H34NS.C11H20O2.Ir/c1-19(2)21-12-13-24(23-11-9-8-10-22(21)23)30-31-25(14-17-34-30)28-20(3)29-26(18-27(28)35-31)32(4,5)15-16-33(29,6)7;1-10(2,3)8(12)7-9(13)11(4,5)6;/h8-12,14,17-19H,15-16H2,1-7H3;7,12H,1-6H3;/q-1;;/b;8-7-;. The van der Waals surface area contributed by atoms with Gasteiger partial charge < -0.3 is 10.1 Å². The predicted molar refractivity (Wildman–Crippen MR) is 208 cm³/mol. The molecule has 2 aromatic heterocycles. The molecule has 1 radical (unpaired) electrons. The van der Waals surface area contributed by atoms with Crippen molar-refractivity contribution in [3.8, 4) is 11.3 Å². The van der Waals surface area contributed by atoms with E-state index in [4.69, 9.17) is 4.98 Å². The van der Waals surface area contributed by atoms with E-state index in [2.05, 4.69) is 97.0 Å². The Morgan fingerprint density at radius 3 is 2.14 bits per heavy atom. The zero-order chi connectivity index (χ0) is 35.6. The maximum absolute atomic E-state index is 11.5. The molecule has 0 spiro atoms. The average Bonchev–Trinajstić information content (AvgIpc) is 3.37. The summed E-state index contributed by atoms with van der Waals surface area (Å²) in [6.07, 6.45) is 5.80. The van der Waals surface area contributed by atoms with Crippen molar-refractivity contribution in [2.24, 2.45) is 10.8 Å². The van der Waals surface area contributed by atoms with Crippen molar-refractivity contribution in [1.29, 1.82) is 0 Å². The Labute approximate surface area is 312 Å². The number of hydrogen-bond acceptors (Lipinski definition) is 4. The summed E-state index contributed by atoms with van der Waals surface area (Å²) in [5.74, 6) is 0.561. The molecule has 1 aliphatic rings. The number of nitrogens with zero attached hydrogens (tertiary/aromatic N) is 1. The number of pyridine rings is 1. The molecule has 3 nitrogen and oxygen atoms in total. The van der Waals surface area contributed by atoms with E-state index in [1.807, 2.05) is 59.1 Å². The Balaban J connectivity index is 0.000000332. The third kappa shape index (κ3) is 7.46. The number of allylic oxidation sites excluding steroid dienone is 2. The van der Waals surface area contributed by atoms with Gasteiger partial charge in [-0.3, -0.25) is 4.79 Å². The predicted octanol–water partition coefficient (Wildman–Crippen LogP) is 12.9. The van der Waals surface area contributed by atoms with Gasteiger partial charge in [0.2, 0.25) is 0 Å². The molecular weight excluding hydrogens is 799 g/mol. The first-order chi connectivity index (χ1) is 22.1. The molecule has 2 heterocycles. The van der Waals surface area contributed by atoms with Gasteiger partial charge in [0.05, 0.1) is 0 Å². The van der Waals surface area contributed by atoms with Gasteiger partial charge in [-0.1, -0.05) is 124 Å². The van der Waals surface area contributed by atoms with Gasteiger partial charge in [0.1, 0.15) is 5.76 Å². The van der Waals surface area contributed by atoms with E-state index in [0.717, 1.165) is 11.3 Å². The monoisotopic (exact) mass is 853 g/mol. The number of ketones is 1. The van der Waals surface area contributed by atoms with Gasteiger partial charge in [-0.25, -0.2) is 0 Å². The molecule has 0 saturated heterocycles. The van der Waals surface area contributed by atoms with Crippen LogP contribution in [-0.2, 0) is 35.7 Å². The van der Waals surface area contributed by atoms with Crippen LogP contribution >= 0.6 is 11.3 Å². The SMILES string of the molecule is CC(C)(C)C(=O)/C=C(\O)C(C)(C)C.Cc1c2c(cc3sc4c(-c5[c-]cc(C(C)C)c6ccccc56)nccc4c13)C(C)(C)CCC2(C)C.[Ir]. The van der Waals surface area contributed by atoms with Crippen LogP contribution in [0.25, 0.3) is 42.2 Å². The smallest absolute Gasteiger partial charge is 0.164 e. The zero-order valence-electron chi connectivity index (χ0n) is 31.7. The maximum atomic E-state index is 11.5. The second-order valence-electron chi connectivity index (χ2n) is 17.4. The molecule has 5 aromatic rings. The van der Waals surface area contributed by atoms with E-state index < -0.39 is 5.41 Å². The van der Waals surface area contributed by atoms with Gasteiger partial charge >= 0.3 is 0 Å². The molecule has 0 bridgehead atoms. The van der Waals surface area contributed by atoms with Crippen LogP contribution in [0.5, 0.6) is 0 Å². The van der Waals surface area contributed by atoms with Crippen molar-refractivity contribution in [2.75, 3.05) is 0 Å². The molecule has 1 aliphatic carbocycles. The van der Waals surface area contributed by atoms with E-state index in [1.165, 1.54) is 66.6 Å². The largest absolute Gasteiger partial charge is 0.512 e. The van der Waals surface area contributed by atoms with E-state index in [-0.39, 0.29) is 47.9 Å². The molecule has 0 fully saturated rings. The minimum atomic E-state index is -0.417. The Morgan fingerprint density at radius 1 is 0.939 bits per heavy atom. The summed E-state index contributed by atoms with van der Waals surface area (Å²) in [5, 5.41) is 14.9. The van der Waals surface area contributed by atoms with Crippen LogP contribution in [0.15, 0.2) is 60.5 Å². The summed E-state index contributed by atoms with van der Waals surface area (Å²) in [6, 6.07) is 19.3. The molecule has 6 rings (SSSR count). The zero-order valence-corrected chi connectivity index (χ0v) is 34.9. The minimum Gasteiger partial charge on any atom is -0.512 e. The first kappa shape index (κ1) is 38.9. The van der Waals surface area contributed by atoms with E-state index in [0.29, 0.717) is 5.92 Å². The quantitative estimate of drug-likeness (QED) is 0.112. The number of aromatic nitrogens is 1. The van der Waals surface area contributed by atoms with Crippen molar-refractivity contribution in [1.82, 2.24) is 4.98 Å². The number of hydrogen-bond donors (Lipinski definition) is 1. The summed E-state index contributed by atoms with van der Waals surface area (Å²) in [7, 11) is 0. The Hall–Kier alpha value is -2.85. The van der Waals surface area contributed by atoms with Crippen molar-refractivity contribution in [3.05, 3.63) is 88.8 Å². The fraction of sp³-hybridized carbons (Fsp3) is 0.455. The third-order valence-electron chi connectivity index (χ3n) is 10.2. The normalized spacial score (nSPS) is 15.9. The van der Waals surface area contributed by atoms with E-state index in [1.54, 1.807) is 5.56 Å². The minimum absolute atomic E-state index is 0. The van der Waals surface area contributed by atoms with Crippen LogP contribution < -0.4 is 0 Å².